The van der Waals surface area contributed by atoms with Gasteiger partial charge in [0.15, 0.2) is 0 Å². The van der Waals surface area contributed by atoms with Gasteiger partial charge in [0, 0.05) is 28.1 Å². The highest BCUT2D eigenvalue weighted by Crippen LogP contribution is 2.37. The van der Waals surface area contributed by atoms with Crippen molar-refractivity contribution in [2.24, 2.45) is 0 Å². The Morgan fingerprint density at radius 1 is 1.11 bits per heavy atom. The molecule has 0 aliphatic carbocycles. The van der Waals surface area contributed by atoms with Gasteiger partial charge in [0.1, 0.15) is 5.82 Å². The molecule has 4 rings (SSSR count). The van der Waals surface area contributed by atoms with Gasteiger partial charge in [-0.15, -0.1) is 0 Å². The molecular formula is C23H20FNO2. The summed E-state index contributed by atoms with van der Waals surface area (Å²) in [4.78, 5) is 14.6. The molecule has 136 valence electrons. The maximum absolute atomic E-state index is 14.5. The third-order valence-electron chi connectivity index (χ3n) is 5.29. The van der Waals surface area contributed by atoms with E-state index < -0.39 is 11.8 Å². The van der Waals surface area contributed by atoms with Crippen LogP contribution in [0.1, 0.15) is 35.2 Å². The minimum Gasteiger partial charge on any atom is -0.481 e. The normalized spacial score (nSPS) is 12.6. The van der Waals surface area contributed by atoms with Crippen molar-refractivity contribution in [3.63, 3.8) is 0 Å². The van der Waals surface area contributed by atoms with Crippen LogP contribution in [0.3, 0.4) is 0 Å². The van der Waals surface area contributed by atoms with E-state index in [1.807, 2.05) is 19.1 Å². The third-order valence-corrected chi connectivity index (χ3v) is 5.29. The zero-order chi connectivity index (χ0) is 19.1. The van der Waals surface area contributed by atoms with E-state index in [2.05, 4.69) is 42.2 Å². The fourth-order valence-electron chi connectivity index (χ4n) is 4.00. The topological polar surface area (TPSA) is 53.1 Å². The molecule has 0 amide bonds. The van der Waals surface area contributed by atoms with Crippen molar-refractivity contribution in [1.82, 2.24) is 4.98 Å². The zero-order valence-electron chi connectivity index (χ0n) is 15.2. The lowest BCUT2D eigenvalue weighted by Crippen LogP contribution is -2.05. The molecular weight excluding hydrogens is 341 g/mol. The first-order valence-corrected chi connectivity index (χ1v) is 8.95. The van der Waals surface area contributed by atoms with E-state index in [0.717, 1.165) is 27.7 Å². The summed E-state index contributed by atoms with van der Waals surface area (Å²) in [7, 11) is 0. The number of carboxylic acid groups (broad SMARTS) is 1. The van der Waals surface area contributed by atoms with Crippen LogP contribution in [0, 0.1) is 12.7 Å². The molecule has 2 N–H and O–H groups in total. The number of carboxylic acids is 1. The predicted molar refractivity (Wildman–Crippen MR) is 106 cm³/mol. The first-order valence-electron chi connectivity index (χ1n) is 8.95. The largest absolute Gasteiger partial charge is 0.481 e. The van der Waals surface area contributed by atoms with Crippen molar-refractivity contribution >= 4 is 27.6 Å². The van der Waals surface area contributed by atoms with Gasteiger partial charge < -0.3 is 10.1 Å². The summed E-state index contributed by atoms with van der Waals surface area (Å²) in [6, 6.07) is 17.5. The van der Waals surface area contributed by atoms with Crippen LogP contribution in [0.4, 0.5) is 4.39 Å². The van der Waals surface area contributed by atoms with E-state index >= 15 is 0 Å². The highest BCUT2D eigenvalue weighted by Gasteiger charge is 2.22. The fourth-order valence-corrected chi connectivity index (χ4v) is 4.00. The number of nitrogens with one attached hydrogen (secondary N) is 1. The van der Waals surface area contributed by atoms with Crippen LogP contribution >= 0.6 is 0 Å². The Morgan fingerprint density at radius 3 is 2.59 bits per heavy atom. The summed E-state index contributed by atoms with van der Waals surface area (Å²) in [5.41, 5.74) is 4.02. The number of H-pyrrole nitrogens is 1. The second-order valence-corrected chi connectivity index (χ2v) is 7.01. The second-order valence-electron chi connectivity index (χ2n) is 7.01. The van der Waals surface area contributed by atoms with Crippen molar-refractivity contribution in [3.8, 4) is 0 Å². The molecule has 4 aromatic rings. The zero-order valence-corrected chi connectivity index (χ0v) is 15.2. The number of fused-ring (bicyclic) bond motifs is 2. The van der Waals surface area contributed by atoms with E-state index in [1.165, 1.54) is 11.5 Å². The number of aryl methyl sites for hydroxylation is 1. The van der Waals surface area contributed by atoms with E-state index in [4.69, 9.17) is 0 Å². The van der Waals surface area contributed by atoms with Crippen molar-refractivity contribution < 1.29 is 14.3 Å². The molecule has 3 aromatic carbocycles. The van der Waals surface area contributed by atoms with E-state index in [1.54, 1.807) is 6.07 Å². The SMILES string of the molecule is Cc1[nH]c2ccc(F)c(CC(=O)O)c2c1C(C)c1ccc2ccccc2c1. The Hall–Kier alpha value is -3.14. The lowest BCUT2D eigenvalue weighted by Gasteiger charge is -2.15. The van der Waals surface area contributed by atoms with Crippen LogP contribution < -0.4 is 0 Å². The summed E-state index contributed by atoms with van der Waals surface area (Å²) >= 11 is 0. The van der Waals surface area contributed by atoms with Crippen molar-refractivity contribution in [2.75, 3.05) is 0 Å². The highest BCUT2D eigenvalue weighted by atomic mass is 19.1. The molecule has 1 heterocycles. The Labute approximate surface area is 156 Å². The van der Waals surface area contributed by atoms with Crippen LogP contribution in [0.5, 0.6) is 0 Å². The van der Waals surface area contributed by atoms with Gasteiger partial charge in [0.25, 0.3) is 0 Å². The van der Waals surface area contributed by atoms with Crippen LogP contribution in [0.15, 0.2) is 54.6 Å². The molecule has 1 unspecified atom stereocenters. The van der Waals surface area contributed by atoms with Crippen molar-refractivity contribution in [1.29, 1.82) is 0 Å². The molecule has 0 aliphatic heterocycles. The molecule has 1 aromatic heterocycles. The highest BCUT2D eigenvalue weighted by molar-refractivity contribution is 5.92. The number of hydrogen-bond donors (Lipinski definition) is 2. The number of carbonyl (C=O) groups is 1. The van der Waals surface area contributed by atoms with Crippen LogP contribution in [-0.4, -0.2) is 16.1 Å². The molecule has 4 heteroatoms. The smallest absolute Gasteiger partial charge is 0.307 e. The molecule has 0 radical (unpaired) electrons. The third kappa shape index (κ3) is 2.97. The second kappa shape index (κ2) is 6.54. The van der Waals surface area contributed by atoms with Crippen molar-refractivity contribution in [2.45, 2.75) is 26.2 Å². The van der Waals surface area contributed by atoms with Gasteiger partial charge in [-0.25, -0.2) is 4.39 Å². The number of hydrogen-bond acceptors (Lipinski definition) is 1. The molecule has 0 bridgehead atoms. The number of halogens is 1. The number of rotatable bonds is 4. The number of aromatic amines is 1. The molecule has 0 spiro atoms. The van der Waals surface area contributed by atoms with Gasteiger partial charge >= 0.3 is 5.97 Å². The van der Waals surface area contributed by atoms with E-state index in [9.17, 15) is 14.3 Å². The minimum absolute atomic E-state index is 0.00213. The molecule has 27 heavy (non-hydrogen) atoms. The number of aromatic nitrogens is 1. The quantitative estimate of drug-likeness (QED) is 0.501. The van der Waals surface area contributed by atoms with Crippen LogP contribution in [-0.2, 0) is 11.2 Å². The molecule has 0 saturated carbocycles. The van der Waals surface area contributed by atoms with E-state index in [-0.39, 0.29) is 17.9 Å². The van der Waals surface area contributed by atoms with Crippen LogP contribution in [0.25, 0.3) is 21.7 Å². The average molecular weight is 361 g/mol. The van der Waals surface area contributed by atoms with Crippen molar-refractivity contribution in [3.05, 3.63) is 82.8 Å². The van der Waals surface area contributed by atoms with Gasteiger partial charge in [-0.05, 0) is 41.0 Å². The molecule has 0 saturated heterocycles. The lowest BCUT2D eigenvalue weighted by atomic mass is 9.88. The summed E-state index contributed by atoms with van der Waals surface area (Å²) < 4.78 is 14.5. The van der Waals surface area contributed by atoms with Gasteiger partial charge in [0.05, 0.1) is 6.42 Å². The summed E-state index contributed by atoms with van der Waals surface area (Å²) in [5, 5.41) is 12.3. The lowest BCUT2D eigenvalue weighted by molar-refractivity contribution is -0.136. The average Bonchev–Trinajstić information content (AvgIpc) is 2.99. The number of benzene rings is 3. The van der Waals surface area contributed by atoms with Crippen LogP contribution in [0.2, 0.25) is 0 Å². The molecule has 0 fully saturated rings. The summed E-state index contributed by atoms with van der Waals surface area (Å²) in [6.07, 6.45) is -0.335. The fraction of sp³-hybridized carbons (Fsp3) is 0.174. The summed E-state index contributed by atoms with van der Waals surface area (Å²) in [5.74, 6) is -1.52. The number of aliphatic carboxylic acids is 1. The Bertz CT molecular complexity index is 1180. The summed E-state index contributed by atoms with van der Waals surface area (Å²) in [6.45, 7) is 4.03. The predicted octanol–water partition coefficient (Wildman–Crippen LogP) is 5.55. The van der Waals surface area contributed by atoms with Gasteiger partial charge in [-0.3, -0.25) is 4.79 Å². The minimum atomic E-state index is -1.04. The van der Waals surface area contributed by atoms with Gasteiger partial charge in [-0.2, -0.15) is 0 Å². The van der Waals surface area contributed by atoms with Gasteiger partial charge in [-0.1, -0.05) is 49.4 Å². The Morgan fingerprint density at radius 2 is 1.85 bits per heavy atom. The maximum Gasteiger partial charge on any atom is 0.307 e. The molecule has 0 aliphatic rings. The first kappa shape index (κ1) is 17.3. The standard InChI is InChI=1S/C23H20FNO2/c1-13(16-8-7-15-5-3-4-6-17(15)11-16)22-14(2)25-20-10-9-19(24)18(23(20)22)12-21(26)27/h3-11,13,25H,12H2,1-2H3,(H,26,27). The molecule has 3 nitrogen and oxygen atoms in total. The Kier molecular flexibility index (Phi) is 4.19. The van der Waals surface area contributed by atoms with E-state index in [0.29, 0.717) is 5.39 Å². The maximum atomic E-state index is 14.5. The first-order chi connectivity index (χ1) is 13.0. The molecule has 1 atom stereocenters. The Balaban J connectivity index is 1.92. The monoisotopic (exact) mass is 361 g/mol. The van der Waals surface area contributed by atoms with Gasteiger partial charge in [0.2, 0.25) is 0 Å².